The predicted octanol–water partition coefficient (Wildman–Crippen LogP) is 3.40. The number of carbonyl (C=O) groups is 1. The van der Waals surface area contributed by atoms with Crippen LogP contribution in [0.5, 0.6) is 0 Å². The second-order valence-electron chi connectivity index (χ2n) is 6.57. The Hall–Kier alpha value is -2.29. The Balaban J connectivity index is 1.57. The van der Waals surface area contributed by atoms with Crippen molar-refractivity contribution in [3.05, 3.63) is 54.1 Å². The van der Waals surface area contributed by atoms with E-state index in [0.717, 1.165) is 15.8 Å². The van der Waals surface area contributed by atoms with Crippen LogP contribution in [0.2, 0.25) is 0 Å². The number of nitrogens with one attached hydrogen (secondary N) is 1. The highest BCUT2D eigenvalue weighted by Crippen LogP contribution is 2.29. The highest BCUT2D eigenvalue weighted by Gasteiger charge is 2.39. The zero-order chi connectivity index (χ0) is 19.0. The van der Waals surface area contributed by atoms with Crippen LogP contribution in [-0.4, -0.2) is 36.2 Å². The van der Waals surface area contributed by atoms with Crippen LogP contribution < -0.4 is 5.32 Å². The molecule has 6 nitrogen and oxygen atoms in total. The van der Waals surface area contributed by atoms with Gasteiger partial charge in [0.15, 0.2) is 5.13 Å². The topological polar surface area (TPSA) is 79.4 Å². The largest absolute Gasteiger partial charge is 0.301 e. The number of carbonyl (C=O) groups excluding carboxylic acids is 1. The van der Waals surface area contributed by atoms with Crippen molar-refractivity contribution < 1.29 is 13.2 Å². The van der Waals surface area contributed by atoms with Crippen LogP contribution in [0.3, 0.4) is 0 Å². The summed E-state index contributed by atoms with van der Waals surface area (Å²) in [6.07, 6.45) is 1.16. The fourth-order valence-corrected chi connectivity index (χ4v) is 5.94. The Bertz CT molecular complexity index is 1090. The van der Waals surface area contributed by atoms with E-state index in [1.54, 1.807) is 30.3 Å². The van der Waals surface area contributed by atoms with Gasteiger partial charge in [-0.2, -0.15) is 4.31 Å². The van der Waals surface area contributed by atoms with E-state index in [2.05, 4.69) is 10.3 Å². The van der Waals surface area contributed by atoms with Gasteiger partial charge < -0.3 is 5.32 Å². The second-order valence-corrected chi connectivity index (χ2v) is 9.49. The summed E-state index contributed by atoms with van der Waals surface area (Å²) in [5.74, 6) is -0.331. The van der Waals surface area contributed by atoms with E-state index in [0.29, 0.717) is 24.5 Å². The third kappa shape index (κ3) is 3.47. The van der Waals surface area contributed by atoms with Crippen molar-refractivity contribution in [3.63, 3.8) is 0 Å². The third-order valence-electron chi connectivity index (χ3n) is 4.63. The molecule has 2 heterocycles. The van der Waals surface area contributed by atoms with Gasteiger partial charge in [-0.1, -0.05) is 35.6 Å². The number of aryl methyl sites for hydroxylation is 1. The molecule has 0 unspecified atom stereocenters. The highest BCUT2D eigenvalue weighted by atomic mass is 32.2. The summed E-state index contributed by atoms with van der Waals surface area (Å²) in [7, 11) is -3.70. The van der Waals surface area contributed by atoms with Gasteiger partial charge in [0, 0.05) is 6.54 Å². The summed E-state index contributed by atoms with van der Waals surface area (Å²) in [4.78, 5) is 17.4. The van der Waals surface area contributed by atoms with Crippen molar-refractivity contribution in [2.75, 3.05) is 11.9 Å². The van der Waals surface area contributed by atoms with Gasteiger partial charge in [-0.3, -0.25) is 4.79 Å². The Morgan fingerprint density at radius 2 is 2.00 bits per heavy atom. The van der Waals surface area contributed by atoms with Gasteiger partial charge >= 0.3 is 0 Å². The summed E-state index contributed by atoms with van der Waals surface area (Å²) in [6, 6.07) is 13.4. The van der Waals surface area contributed by atoms with Crippen LogP contribution in [0, 0.1) is 6.92 Å². The highest BCUT2D eigenvalue weighted by molar-refractivity contribution is 7.89. The molecule has 27 heavy (non-hydrogen) atoms. The normalized spacial score (nSPS) is 18.0. The van der Waals surface area contributed by atoms with E-state index in [9.17, 15) is 13.2 Å². The van der Waals surface area contributed by atoms with Crippen LogP contribution >= 0.6 is 11.3 Å². The van der Waals surface area contributed by atoms with E-state index >= 15 is 0 Å². The van der Waals surface area contributed by atoms with Crippen molar-refractivity contribution in [3.8, 4) is 0 Å². The van der Waals surface area contributed by atoms with Gasteiger partial charge in [0.2, 0.25) is 15.9 Å². The molecule has 1 atom stereocenters. The molecule has 1 fully saturated rings. The lowest BCUT2D eigenvalue weighted by Crippen LogP contribution is -2.43. The number of amides is 1. The van der Waals surface area contributed by atoms with E-state index in [1.165, 1.54) is 15.6 Å². The van der Waals surface area contributed by atoms with Gasteiger partial charge in [0.05, 0.1) is 15.1 Å². The van der Waals surface area contributed by atoms with Gasteiger partial charge in [-0.05, 0) is 49.6 Å². The SMILES string of the molecule is Cc1ccc2nc(NC(=O)[C@@H]3CCCN3S(=O)(=O)c3ccccc3)sc2c1. The average Bonchev–Trinajstić information content (AvgIpc) is 3.29. The van der Waals surface area contributed by atoms with E-state index in [-0.39, 0.29) is 10.8 Å². The Labute approximate surface area is 161 Å². The van der Waals surface area contributed by atoms with Crippen LogP contribution in [0.15, 0.2) is 53.4 Å². The van der Waals surface area contributed by atoms with Crippen molar-refractivity contribution in [2.24, 2.45) is 0 Å². The lowest BCUT2D eigenvalue weighted by molar-refractivity contribution is -0.119. The molecule has 2 aromatic carbocycles. The smallest absolute Gasteiger partial charge is 0.244 e. The van der Waals surface area contributed by atoms with Crippen molar-refractivity contribution in [1.29, 1.82) is 0 Å². The lowest BCUT2D eigenvalue weighted by atomic mass is 10.2. The van der Waals surface area contributed by atoms with Crippen LogP contribution in [-0.2, 0) is 14.8 Å². The zero-order valence-electron chi connectivity index (χ0n) is 14.8. The minimum Gasteiger partial charge on any atom is -0.301 e. The molecule has 1 N–H and O–H groups in total. The van der Waals surface area contributed by atoms with Gasteiger partial charge in [0.25, 0.3) is 0 Å². The summed E-state index contributed by atoms with van der Waals surface area (Å²) < 4.78 is 28.1. The van der Waals surface area contributed by atoms with Crippen molar-refractivity contribution >= 4 is 42.6 Å². The first-order valence-electron chi connectivity index (χ1n) is 8.70. The number of hydrogen-bond acceptors (Lipinski definition) is 5. The molecule has 1 saturated heterocycles. The number of rotatable bonds is 4. The molecule has 8 heteroatoms. The Morgan fingerprint density at radius 3 is 2.78 bits per heavy atom. The molecule has 0 spiro atoms. The quantitative estimate of drug-likeness (QED) is 0.727. The van der Waals surface area contributed by atoms with Gasteiger partial charge in [0.1, 0.15) is 6.04 Å². The molecular formula is C19H19N3O3S2. The maximum absolute atomic E-state index is 12.9. The number of hydrogen-bond donors (Lipinski definition) is 1. The van der Waals surface area contributed by atoms with Crippen molar-refractivity contribution in [1.82, 2.24) is 9.29 Å². The fourth-order valence-electron chi connectivity index (χ4n) is 3.29. The van der Waals surface area contributed by atoms with Crippen LogP contribution in [0.1, 0.15) is 18.4 Å². The summed E-state index contributed by atoms with van der Waals surface area (Å²) in [5, 5.41) is 3.30. The second kappa shape index (κ2) is 7.03. The maximum atomic E-state index is 12.9. The molecule has 1 aliphatic heterocycles. The predicted molar refractivity (Wildman–Crippen MR) is 106 cm³/mol. The zero-order valence-corrected chi connectivity index (χ0v) is 16.4. The first-order valence-corrected chi connectivity index (χ1v) is 11.0. The molecule has 140 valence electrons. The number of anilines is 1. The molecule has 0 bridgehead atoms. The first kappa shape index (κ1) is 18.1. The van der Waals surface area contributed by atoms with Gasteiger partial charge in [-0.25, -0.2) is 13.4 Å². The summed E-state index contributed by atoms with van der Waals surface area (Å²) in [6.45, 7) is 2.34. The third-order valence-corrected chi connectivity index (χ3v) is 7.49. The monoisotopic (exact) mass is 401 g/mol. The molecule has 0 aliphatic carbocycles. The summed E-state index contributed by atoms with van der Waals surface area (Å²) in [5.41, 5.74) is 1.95. The minimum atomic E-state index is -3.70. The molecule has 0 saturated carbocycles. The van der Waals surface area contributed by atoms with Crippen molar-refractivity contribution in [2.45, 2.75) is 30.7 Å². The van der Waals surface area contributed by atoms with Crippen LogP contribution in [0.4, 0.5) is 5.13 Å². The molecule has 4 rings (SSSR count). The van der Waals surface area contributed by atoms with Gasteiger partial charge in [-0.15, -0.1) is 0 Å². The van der Waals surface area contributed by atoms with E-state index in [4.69, 9.17) is 0 Å². The summed E-state index contributed by atoms with van der Waals surface area (Å²) >= 11 is 1.39. The molecule has 1 amide bonds. The number of benzene rings is 2. The number of aromatic nitrogens is 1. The molecule has 3 aromatic rings. The molecule has 1 aromatic heterocycles. The Kier molecular flexibility index (Phi) is 4.71. The standard InChI is InChI=1S/C19H19N3O3S2/c1-13-9-10-15-17(12-13)26-19(20-15)21-18(23)16-8-5-11-22(16)27(24,25)14-6-3-2-4-7-14/h2-4,6-7,9-10,12,16H,5,8,11H2,1H3,(H,20,21,23)/t16-/m0/s1. The number of thiazole rings is 1. The minimum absolute atomic E-state index is 0.208. The number of nitrogens with zero attached hydrogens (tertiary/aromatic N) is 2. The number of sulfonamides is 1. The van der Waals surface area contributed by atoms with E-state index < -0.39 is 16.1 Å². The average molecular weight is 402 g/mol. The molecule has 1 aliphatic rings. The van der Waals surface area contributed by atoms with Crippen LogP contribution in [0.25, 0.3) is 10.2 Å². The maximum Gasteiger partial charge on any atom is 0.244 e. The Morgan fingerprint density at radius 1 is 1.22 bits per heavy atom. The molecular weight excluding hydrogens is 382 g/mol. The fraction of sp³-hybridized carbons (Fsp3) is 0.263. The first-order chi connectivity index (χ1) is 12.9. The lowest BCUT2D eigenvalue weighted by Gasteiger charge is -2.22. The molecule has 0 radical (unpaired) electrons. The number of fused-ring (bicyclic) bond motifs is 1. The van der Waals surface area contributed by atoms with E-state index in [1.807, 2.05) is 25.1 Å².